The first-order chi connectivity index (χ1) is 9.56. The highest BCUT2D eigenvalue weighted by atomic mass is 19.3. The number of halogens is 2. The predicted molar refractivity (Wildman–Crippen MR) is 78.0 cm³/mol. The molecule has 1 atom stereocenters. The minimum Gasteiger partial charge on any atom is -0.313 e. The molecular weight excluding hydrogens is 258 g/mol. The van der Waals surface area contributed by atoms with Crippen molar-refractivity contribution >= 4 is 0 Å². The van der Waals surface area contributed by atoms with Gasteiger partial charge < -0.3 is 5.32 Å². The highest BCUT2D eigenvalue weighted by Gasteiger charge is 2.19. The number of alkyl halides is 2. The van der Waals surface area contributed by atoms with Crippen LogP contribution in [0.15, 0.2) is 24.3 Å². The van der Waals surface area contributed by atoms with Gasteiger partial charge in [0.05, 0.1) is 0 Å². The summed E-state index contributed by atoms with van der Waals surface area (Å²) < 4.78 is 25.1. The Bertz CT molecular complexity index is 397. The molecule has 112 valence electrons. The van der Waals surface area contributed by atoms with E-state index in [1.165, 1.54) is 25.0 Å². The summed E-state index contributed by atoms with van der Waals surface area (Å²) in [7, 11) is 0. The Kier molecular flexibility index (Phi) is 5.49. The summed E-state index contributed by atoms with van der Waals surface area (Å²) in [5.74, 6) is 0. The van der Waals surface area contributed by atoms with Gasteiger partial charge in [-0.2, -0.15) is 0 Å². The molecule has 4 heteroatoms. The number of nitrogens with zero attached hydrogens (tertiary/aromatic N) is 1. The maximum absolute atomic E-state index is 12.5. The molecule has 0 aromatic heterocycles. The van der Waals surface area contributed by atoms with Crippen molar-refractivity contribution in [2.75, 3.05) is 13.1 Å². The van der Waals surface area contributed by atoms with Gasteiger partial charge in [0.15, 0.2) is 0 Å². The molecule has 1 fully saturated rings. The van der Waals surface area contributed by atoms with Crippen molar-refractivity contribution in [3.05, 3.63) is 35.4 Å². The van der Waals surface area contributed by atoms with Gasteiger partial charge in [0, 0.05) is 30.7 Å². The van der Waals surface area contributed by atoms with Gasteiger partial charge >= 0.3 is 0 Å². The van der Waals surface area contributed by atoms with E-state index in [4.69, 9.17) is 0 Å². The van der Waals surface area contributed by atoms with Crippen molar-refractivity contribution in [1.29, 1.82) is 0 Å². The van der Waals surface area contributed by atoms with Crippen LogP contribution in [0.25, 0.3) is 0 Å². The molecule has 0 bridgehead atoms. The van der Waals surface area contributed by atoms with Crippen molar-refractivity contribution in [1.82, 2.24) is 10.2 Å². The van der Waals surface area contributed by atoms with E-state index in [0.717, 1.165) is 25.2 Å². The van der Waals surface area contributed by atoms with Crippen molar-refractivity contribution in [3.63, 3.8) is 0 Å². The van der Waals surface area contributed by atoms with Crippen LogP contribution in [-0.2, 0) is 6.54 Å². The molecule has 2 nitrogen and oxygen atoms in total. The number of hydrogen-bond acceptors (Lipinski definition) is 2. The zero-order valence-electron chi connectivity index (χ0n) is 12.3. The Morgan fingerprint density at radius 3 is 2.45 bits per heavy atom. The third-order valence-electron chi connectivity index (χ3n) is 3.96. The maximum atomic E-state index is 12.5. The van der Waals surface area contributed by atoms with E-state index in [2.05, 4.69) is 24.1 Å². The van der Waals surface area contributed by atoms with Crippen LogP contribution in [-0.4, -0.2) is 30.1 Å². The molecule has 0 radical (unpaired) electrons. The van der Waals surface area contributed by atoms with Crippen LogP contribution in [0.1, 0.15) is 44.2 Å². The molecule has 1 aliphatic rings. The van der Waals surface area contributed by atoms with Gasteiger partial charge in [0.2, 0.25) is 0 Å². The molecule has 0 spiro atoms. The van der Waals surface area contributed by atoms with Crippen LogP contribution < -0.4 is 5.32 Å². The maximum Gasteiger partial charge on any atom is 0.263 e. The summed E-state index contributed by atoms with van der Waals surface area (Å²) >= 11 is 0. The van der Waals surface area contributed by atoms with Crippen molar-refractivity contribution in [2.45, 2.75) is 51.7 Å². The molecule has 0 saturated carbocycles. The monoisotopic (exact) mass is 282 g/mol. The van der Waals surface area contributed by atoms with Crippen LogP contribution in [0.5, 0.6) is 0 Å². The molecule has 1 heterocycles. The normalized spacial score (nSPS) is 19.4. The Morgan fingerprint density at radius 2 is 1.95 bits per heavy atom. The second kappa shape index (κ2) is 7.14. The lowest BCUT2D eigenvalue weighted by Gasteiger charge is -2.29. The minimum absolute atomic E-state index is 0.0994. The minimum atomic E-state index is -2.38. The lowest BCUT2D eigenvalue weighted by molar-refractivity contribution is 0.151. The molecule has 1 aromatic carbocycles. The fourth-order valence-electron chi connectivity index (χ4n) is 2.66. The molecule has 2 rings (SSSR count). The van der Waals surface area contributed by atoms with Crippen LogP contribution in [0.4, 0.5) is 8.78 Å². The standard InChI is InChI=1S/C16H24F2N2/c1-12(2)20(11-15-4-3-9-19-15)10-13-5-7-14(8-6-13)16(17)18/h5-8,12,15-16,19H,3-4,9-11H2,1-2H3. The first-order valence-corrected chi connectivity index (χ1v) is 7.40. The molecule has 1 unspecified atom stereocenters. The molecule has 1 N–H and O–H groups in total. The predicted octanol–water partition coefficient (Wildman–Crippen LogP) is 3.59. The summed E-state index contributed by atoms with van der Waals surface area (Å²) in [6, 6.07) is 7.72. The van der Waals surface area contributed by atoms with Crippen molar-refractivity contribution in [3.8, 4) is 0 Å². The van der Waals surface area contributed by atoms with E-state index in [-0.39, 0.29) is 5.56 Å². The quantitative estimate of drug-likeness (QED) is 0.858. The first kappa shape index (κ1) is 15.4. The Morgan fingerprint density at radius 1 is 1.25 bits per heavy atom. The molecular formula is C16H24F2N2. The third kappa shape index (κ3) is 4.25. The molecule has 1 aliphatic heterocycles. The average molecular weight is 282 g/mol. The van der Waals surface area contributed by atoms with E-state index >= 15 is 0 Å². The topological polar surface area (TPSA) is 15.3 Å². The van der Waals surface area contributed by atoms with Crippen LogP contribution >= 0.6 is 0 Å². The SMILES string of the molecule is CC(C)N(Cc1ccc(C(F)F)cc1)CC1CCCN1. The first-order valence-electron chi connectivity index (χ1n) is 7.40. The zero-order valence-corrected chi connectivity index (χ0v) is 12.3. The fraction of sp³-hybridized carbons (Fsp3) is 0.625. The van der Waals surface area contributed by atoms with Crippen LogP contribution in [0.3, 0.4) is 0 Å². The van der Waals surface area contributed by atoms with Crippen molar-refractivity contribution < 1.29 is 8.78 Å². The second-order valence-corrected chi connectivity index (χ2v) is 5.86. The van der Waals surface area contributed by atoms with Gasteiger partial charge in [-0.25, -0.2) is 8.78 Å². The summed E-state index contributed by atoms with van der Waals surface area (Å²) in [6.07, 6.45) is 0.0979. The summed E-state index contributed by atoms with van der Waals surface area (Å²) in [5.41, 5.74) is 1.20. The highest BCUT2D eigenvalue weighted by Crippen LogP contribution is 2.20. The van der Waals surface area contributed by atoms with Gasteiger partial charge in [0.1, 0.15) is 0 Å². The van der Waals surface area contributed by atoms with Crippen LogP contribution in [0.2, 0.25) is 0 Å². The van der Waals surface area contributed by atoms with Crippen LogP contribution in [0, 0.1) is 0 Å². The average Bonchev–Trinajstić information content (AvgIpc) is 2.91. The molecule has 0 aliphatic carbocycles. The summed E-state index contributed by atoms with van der Waals surface area (Å²) in [5, 5.41) is 3.51. The van der Waals surface area contributed by atoms with Gasteiger partial charge in [0.25, 0.3) is 6.43 Å². The highest BCUT2D eigenvalue weighted by molar-refractivity contribution is 5.23. The summed E-state index contributed by atoms with van der Waals surface area (Å²) in [4.78, 5) is 2.40. The van der Waals surface area contributed by atoms with Gasteiger partial charge in [-0.3, -0.25) is 4.90 Å². The lowest BCUT2D eigenvalue weighted by Crippen LogP contribution is -2.40. The third-order valence-corrected chi connectivity index (χ3v) is 3.96. The van der Waals surface area contributed by atoms with Gasteiger partial charge in [-0.15, -0.1) is 0 Å². The fourth-order valence-corrected chi connectivity index (χ4v) is 2.66. The van der Waals surface area contributed by atoms with E-state index < -0.39 is 6.43 Å². The number of nitrogens with one attached hydrogen (secondary N) is 1. The zero-order chi connectivity index (χ0) is 14.5. The van der Waals surface area contributed by atoms with E-state index in [1.54, 1.807) is 0 Å². The molecule has 20 heavy (non-hydrogen) atoms. The molecule has 0 amide bonds. The summed E-state index contributed by atoms with van der Waals surface area (Å²) in [6.45, 7) is 7.32. The second-order valence-electron chi connectivity index (χ2n) is 5.86. The smallest absolute Gasteiger partial charge is 0.263 e. The largest absolute Gasteiger partial charge is 0.313 e. The van der Waals surface area contributed by atoms with Gasteiger partial charge in [-0.1, -0.05) is 24.3 Å². The Hall–Kier alpha value is -1.00. The van der Waals surface area contributed by atoms with Gasteiger partial charge in [-0.05, 0) is 38.8 Å². The number of rotatable bonds is 6. The molecule has 1 aromatic rings. The van der Waals surface area contributed by atoms with Crippen molar-refractivity contribution in [2.24, 2.45) is 0 Å². The number of hydrogen-bond donors (Lipinski definition) is 1. The number of benzene rings is 1. The lowest BCUT2D eigenvalue weighted by atomic mass is 10.1. The Balaban J connectivity index is 1.96. The Labute approximate surface area is 120 Å². The molecule has 1 saturated heterocycles. The van der Waals surface area contributed by atoms with E-state index in [9.17, 15) is 8.78 Å². The van der Waals surface area contributed by atoms with E-state index in [0.29, 0.717) is 12.1 Å². The van der Waals surface area contributed by atoms with E-state index in [1.807, 2.05) is 12.1 Å².